The molecule has 0 unspecified atom stereocenters. The molecule has 0 N–H and O–H groups in total. The lowest BCUT2D eigenvalue weighted by molar-refractivity contribution is -0.140. The molecule has 15 heavy (non-hydrogen) atoms. The van der Waals surface area contributed by atoms with Crippen LogP contribution in [0.3, 0.4) is 0 Å². The molecular formula is C11H10Cl2O2. The summed E-state index contributed by atoms with van der Waals surface area (Å²) in [4.78, 5) is 11.1. The summed E-state index contributed by atoms with van der Waals surface area (Å²) >= 11 is 11.8. The fourth-order valence-corrected chi connectivity index (χ4v) is 1.44. The number of hydrogen-bond donors (Lipinski definition) is 0. The van der Waals surface area contributed by atoms with E-state index in [-0.39, 0.29) is 6.61 Å². The zero-order valence-corrected chi connectivity index (χ0v) is 9.73. The molecule has 0 amide bonds. The Morgan fingerprint density at radius 3 is 2.40 bits per heavy atom. The van der Waals surface area contributed by atoms with Crippen LogP contribution < -0.4 is 0 Å². The van der Waals surface area contributed by atoms with E-state index in [0.29, 0.717) is 21.2 Å². The number of esters is 1. The van der Waals surface area contributed by atoms with E-state index in [2.05, 4.69) is 6.58 Å². The fourth-order valence-electron chi connectivity index (χ4n) is 0.931. The molecule has 0 aliphatic heterocycles. The summed E-state index contributed by atoms with van der Waals surface area (Å²) in [6, 6.07) is 5.11. The van der Waals surface area contributed by atoms with Crippen molar-refractivity contribution in [3.05, 3.63) is 46.0 Å². The first-order valence-corrected chi connectivity index (χ1v) is 5.03. The van der Waals surface area contributed by atoms with Crippen molar-refractivity contribution in [1.82, 2.24) is 0 Å². The highest BCUT2D eigenvalue weighted by atomic mass is 35.5. The Labute approximate surface area is 98.4 Å². The lowest BCUT2D eigenvalue weighted by Gasteiger charge is -2.07. The molecule has 80 valence electrons. The molecule has 0 fully saturated rings. The van der Waals surface area contributed by atoms with E-state index >= 15 is 0 Å². The highest BCUT2D eigenvalue weighted by Crippen LogP contribution is 2.24. The molecule has 0 spiro atoms. The van der Waals surface area contributed by atoms with Gasteiger partial charge in [0.15, 0.2) is 0 Å². The van der Waals surface area contributed by atoms with Crippen LogP contribution in [0, 0.1) is 0 Å². The molecule has 1 aromatic carbocycles. The maximum atomic E-state index is 11.1. The van der Waals surface area contributed by atoms with Crippen LogP contribution in [0.2, 0.25) is 10.0 Å². The Hall–Kier alpha value is -0.990. The van der Waals surface area contributed by atoms with Gasteiger partial charge in [0.05, 0.1) is 0 Å². The summed E-state index contributed by atoms with van der Waals surface area (Å²) in [5.74, 6) is -0.453. The molecule has 2 nitrogen and oxygen atoms in total. The van der Waals surface area contributed by atoms with E-state index in [1.165, 1.54) is 0 Å². The molecule has 0 saturated heterocycles. The third kappa shape index (κ3) is 3.26. The molecule has 0 aromatic heterocycles. The van der Waals surface area contributed by atoms with Gasteiger partial charge in [0, 0.05) is 21.2 Å². The second-order valence-electron chi connectivity index (χ2n) is 3.06. The zero-order valence-electron chi connectivity index (χ0n) is 8.22. The minimum atomic E-state index is -0.453. The summed E-state index contributed by atoms with van der Waals surface area (Å²) in [5.41, 5.74) is 0.952. The Morgan fingerprint density at radius 1 is 1.40 bits per heavy atom. The summed E-state index contributed by atoms with van der Waals surface area (Å²) in [5, 5.41) is 0.967. The highest BCUT2D eigenvalue weighted by molar-refractivity contribution is 6.35. The van der Waals surface area contributed by atoms with Crippen molar-refractivity contribution in [3.8, 4) is 0 Å². The molecule has 1 rings (SSSR count). The summed E-state index contributed by atoms with van der Waals surface area (Å²) in [6.45, 7) is 5.11. The van der Waals surface area contributed by atoms with Crippen molar-refractivity contribution in [3.63, 3.8) is 0 Å². The standard InChI is InChI=1S/C11H10Cl2O2/c1-7(2)11(14)15-6-8-9(12)4-3-5-10(8)13/h3-5H,1,6H2,2H3. The van der Waals surface area contributed by atoms with Gasteiger partial charge in [0.25, 0.3) is 0 Å². The fraction of sp³-hybridized carbons (Fsp3) is 0.182. The summed E-state index contributed by atoms with van der Waals surface area (Å²) in [6.07, 6.45) is 0. The van der Waals surface area contributed by atoms with Gasteiger partial charge in [-0.15, -0.1) is 0 Å². The van der Waals surface area contributed by atoms with Gasteiger partial charge in [-0.1, -0.05) is 35.8 Å². The van der Waals surface area contributed by atoms with Gasteiger partial charge in [0.1, 0.15) is 6.61 Å². The van der Waals surface area contributed by atoms with Gasteiger partial charge >= 0.3 is 5.97 Å². The average Bonchev–Trinajstić information content (AvgIpc) is 2.16. The second-order valence-corrected chi connectivity index (χ2v) is 3.87. The van der Waals surface area contributed by atoms with E-state index in [9.17, 15) is 4.79 Å². The molecule has 0 aliphatic carbocycles. The quantitative estimate of drug-likeness (QED) is 0.600. The lowest BCUT2D eigenvalue weighted by atomic mass is 10.2. The first-order chi connectivity index (χ1) is 7.02. The second kappa shape index (κ2) is 5.19. The Balaban J connectivity index is 2.73. The third-order valence-electron chi connectivity index (χ3n) is 1.76. The van der Waals surface area contributed by atoms with Crippen LogP contribution in [0.1, 0.15) is 12.5 Å². The molecule has 0 atom stereocenters. The minimum Gasteiger partial charge on any atom is -0.457 e. The van der Waals surface area contributed by atoms with Crippen LogP contribution in [0.5, 0.6) is 0 Å². The monoisotopic (exact) mass is 244 g/mol. The topological polar surface area (TPSA) is 26.3 Å². The predicted octanol–water partition coefficient (Wildman–Crippen LogP) is 3.61. The van der Waals surface area contributed by atoms with Crippen LogP contribution in [0.4, 0.5) is 0 Å². The van der Waals surface area contributed by atoms with Crippen LogP contribution >= 0.6 is 23.2 Å². The first-order valence-electron chi connectivity index (χ1n) is 4.28. The lowest BCUT2D eigenvalue weighted by Crippen LogP contribution is -2.05. The van der Waals surface area contributed by atoms with Crippen molar-refractivity contribution in [2.45, 2.75) is 13.5 Å². The summed E-state index contributed by atoms with van der Waals surface area (Å²) < 4.78 is 4.94. The average molecular weight is 245 g/mol. The Morgan fingerprint density at radius 2 is 1.93 bits per heavy atom. The predicted molar refractivity (Wildman–Crippen MR) is 61.1 cm³/mol. The maximum Gasteiger partial charge on any atom is 0.333 e. The summed E-state index contributed by atoms with van der Waals surface area (Å²) in [7, 11) is 0. The molecule has 0 saturated carbocycles. The Kier molecular flexibility index (Phi) is 4.18. The number of carbonyl (C=O) groups excluding carboxylic acids is 1. The van der Waals surface area contributed by atoms with Gasteiger partial charge in [-0.05, 0) is 19.1 Å². The number of benzene rings is 1. The highest BCUT2D eigenvalue weighted by Gasteiger charge is 2.09. The molecule has 0 heterocycles. The third-order valence-corrected chi connectivity index (χ3v) is 2.47. The Bertz CT molecular complexity index is 379. The van der Waals surface area contributed by atoms with Crippen molar-refractivity contribution in [2.24, 2.45) is 0 Å². The molecule has 1 aromatic rings. The van der Waals surface area contributed by atoms with Crippen LogP contribution in [-0.2, 0) is 16.1 Å². The SMILES string of the molecule is C=C(C)C(=O)OCc1c(Cl)cccc1Cl. The van der Waals surface area contributed by atoms with E-state index in [4.69, 9.17) is 27.9 Å². The van der Waals surface area contributed by atoms with E-state index < -0.39 is 5.97 Å². The van der Waals surface area contributed by atoms with Gasteiger partial charge in [-0.2, -0.15) is 0 Å². The van der Waals surface area contributed by atoms with Gasteiger partial charge in [-0.3, -0.25) is 0 Å². The van der Waals surface area contributed by atoms with Crippen LogP contribution in [0.15, 0.2) is 30.4 Å². The number of hydrogen-bond acceptors (Lipinski definition) is 2. The van der Waals surface area contributed by atoms with Crippen molar-refractivity contribution >= 4 is 29.2 Å². The normalized spacial score (nSPS) is 9.80. The number of halogens is 2. The van der Waals surface area contributed by atoms with Gasteiger partial charge in [-0.25, -0.2) is 4.79 Å². The van der Waals surface area contributed by atoms with Crippen molar-refractivity contribution in [2.75, 3.05) is 0 Å². The number of carbonyl (C=O) groups is 1. The molecule has 4 heteroatoms. The smallest absolute Gasteiger partial charge is 0.333 e. The largest absolute Gasteiger partial charge is 0.457 e. The molecular weight excluding hydrogens is 235 g/mol. The van der Waals surface area contributed by atoms with E-state index in [1.54, 1.807) is 25.1 Å². The zero-order chi connectivity index (χ0) is 11.4. The number of ether oxygens (including phenoxy) is 1. The molecule has 0 radical (unpaired) electrons. The van der Waals surface area contributed by atoms with Crippen LogP contribution in [0.25, 0.3) is 0 Å². The molecule has 0 aliphatic rings. The van der Waals surface area contributed by atoms with Crippen molar-refractivity contribution < 1.29 is 9.53 Å². The maximum absolute atomic E-state index is 11.1. The van der Waals surface area contributed by atoms with Gasteiger partial charge in [0.2, 0.25) is 0 Å². The van der Waals surface area contributed by atoms with E-state index in [0.717, 1.165) is 0 Å². The van der Waals surface area contributed by atoms with Crippen molar-refractivity contribution in [1.29, 1.82) is 0 Å². The molecule has 0 bridgehead atoms. The number of rotatable bonds is 3. The first kappa shape index (κ1) is 12.1. The van der Waals surface area contributed by atoms with Crippen LogP contribution in [-0.4, -0.2) is 5.97 Å². The van der Waals surface area contributed by atoms with E-state index in [1.807, 2.05) is 0 Å². The van der Waals surface area contributed by atoms with Gasteiger partial charge < -0.3 is 4.74 Å². The minimum absolute atomic E-state index is 0.0597.